The fraction of sp³-hybridized carbons (Fsp3) is 0.552. The molecule has 0 aliphatic heterocycles. The van der Waals surface area contributed by atoms with Crippen LogP contribution in [-0.2, 0) is 17.9 Å². The summed E-state index contributed by atoms with van der Waals surface area (Å²) < 4.78 is 0. The Morgan fingerprint density at radius 1 is 0.781 bits per heavy atom. The molecule has 0 spiro atoms. The molecule has 0 aliphatic carbocycles. The lowest BCUT2D eigenvalue weighted by Gasteiger charge is -2.28. The molecule has 0 aromatic heterocycles. The Balaban J connectivity index is 0.000000343. The van der Waals surface area contributed by atoms with Gasteiger partial charge in [0.1, 0.15) is 0 Å². The van der Waals surface area contributed by atoms with Crippen LogP contribution in [0.4, 0.5) is 0 Å². The van der Waals surface area contributed by atoms with Crippen LogP contribution in [0, 0.1) is 17.8 Å². The lowest BCUT2D eigenvalue weighted by molar-refractivity contribution is -0.136. The largest absolute Gasteiger partial charge is 0.338 e. The minimum Gasteiger partial charge on any atom is -0.338 e. The monoisotopic (exact) mass is 438 g/mol. The van der Waals surface area contributed by atoms with Gasteiger partial charge in [0.05, 0.1) is 0 Å². The van der Waals surface area contributed by atoms with Gasteiger partial charge in [-0.05, 0) is 35.9 Å². The summed E-state index contributed by atoms with van der Waals surface area (Å²) >= 11 is 0. The van der Waals surface area contributed by atoms with Crippen molar-refractivity contribution in [1.82, 2.24) is 10.2 Å². The Morgan fingerprint density at radius 3 is 1.81 bits per heavy atom. The van der Waals surface area contributed by atoms with Gasteiger partial charge in [-0.15, -0.1) is 0 Å². The van der Waals surface area contributed by atoms with Gasteiger partial charge in [-0.2, -0.15) is 0 Å². The van der Waals surface area contributed by atoms with Crippen LogP contribution in [0.25, 0.3) is 0 Å². The number of nitrogens with zero attached hydrogens (tertiary/aromatic N) is 1. The van der Waals surface area contributed by atoms with E-state index in [0.717, 1.165) is 44.9 Å². The molecule has 2 rings (SSSR count). The molecule has 0 saturated carbocycles. The van der Waals surface area contributed by atoms with Crippen LogP contribution in [0.3, 0.4) is 0 Å². The van der Waals surface area contributed by atoms with Crippen molar-refractivity contribution in [3.05, 3.63) is 71.8 Å². The molecule has 2 aromatic rings. The predicted molar refractivity (Wildman–Crippen MR) is 138 cm³/mol. The third kappa shape index (κ3) is 11.5. The Kier molecular flexibility index (Phi) is 14.4. The van der Waals surface area contributed by atoms with Crippen LogP contribution < -0.4 is 5.32 Å². The highest BCUT2D eigenvalue weighted by atomic mass is 16.2. The standard InChI is InChI=1S/C17H27NO.C12H19N/c1-5-14(3)12-18(17(19)15(4)6-2)13-16-10-8-7-9-11-16;1-3-11(2)9-13-10-12-7-5-4-6-8-12/h7-11,14-15H,5-6,12-13H2,1-4H3;4-8,11,13H,3,9-10H2,1-2H3/t14-,15?;11-/m00/s1. The smallest absolute Gasteiger partial charge is 0.225 e. The highest BCUT2D eigenvalue weighted by molar-refractivity contribution is 5.78. The van der Waals surface area contributed by atoms with E-state index in [-0.39, 0.29) is 11.8 Å². The summed E-state index contributed by atoms with van der Waals surface area (Å²) in [6.45, 7) is 16.7. The van der Waals surface area contributed by atoms with E-state index in [4.69, 9.17) is 0 Å². The Morgan fingerprint density at radius 2 is 1.31 bits per heavy atom. The second-order valence-corrected chi connectivity index (χ2v) is 9.16. The summed E-state index contributed by atoms with van der Waals surface area (Å²) in [7, 11) is 0. The molecule has 0 fully saturated rings. The zero-order valence-corrected chi connectivity index (χ0v) is 21.3. The van der Waals surface area contributed by atoms with Crippen molar-refractivity contribution in [3.63, 3.8) is 0 Å². The zero-order valence-electron chi connectivity index (χ0n) is 21.3. The average Bonchev–Trinajstić information content (AvgIpc) is 2.84. The lowest BCUT2D eigenvalue weighted by Crippen LogP contribution is -2.37. The van der Waals surface area contributed by atoms with Crippen LogP contribution in [0.1, 0.15) is 71.9 Å². The number of amides is 1. The van der Waals surface area contributed by atoms with Gasteiger partial charge < -0.3 is 10.2 Å². The summed E-state index contributed by atoms with van der Waals surface area (Å²) in [4.78, 5) is 14.5. The molecule has 0 saturated heterocycles. The molecular formula is C29H46N2O. The Hall–Kier alpha value is -2.13. The fourth-order valence-electron chi connectivity index (χ4n) is 3.23. The lowest BCUT2D eigenvalue weighted by atomic mass is 10.0. The maximum absolute atomic E-state index is 12.5. The first kappa shape index (κ1) is 27.9. The van der Waals surface area contributed by atoms with Crippen LogP contribution in [0.5, 0.6) is 0 Å². The SMILES string of the molecule is CCC(C)C(=O)N(Cc1ccccc1)C[C@@H](C)CC.CC[C@H](C)CNCc1ccccc1. The average molecular weight is 439 g/mol. The second-order valence-electron chi connectivity index (χ2n) is 9.16. The molecule has 32 heavy (non-hydrogen) atoms. The maximum Gasteiger partial charge on any atom is 0.225 e. The van der Waals surface area contributed by atoms with Crippen LogP contribution >= 0.6 is 0 Å². The number of rotatable bonds is 12. The Labute approximate surface area is 197 Å². The van der Waals surface area contributed by atoms with E-state index >= 15 is 0 Å². The molecule has 3 atom stereocenters. The van der Waals surface area contributed by atoms with Crippen molar-refractivity contribution in [2.24, 2.45) is 17.8 Å². The molecule has 0 bridgehead atoms. The number of hydrogen-bond acceptors (Lipinski definition) is 2. The van der Waals surface area contributed by atoms with Gasteiger partial charge in [0.25, 0.3) is 0 Å². The second kappa shape index (κ2) is 16.5. The van der Waals surface area contributed by atoms with Crippen molar-refractivity contribution in [2.75, 3.05) is 13.1 Å². The van der Waals surface area contributed by atoms with Gasteiger partial charge >= 0.3 is 0 Å². The van der Waals surface area contributed by atoms with Crippen molar-refractivity contribution < 1.29 is 4.79 Å². The van der Waals surface area contributed by atoms with E-state index in [1.807, 2.05) is 30.0 Å². The van der Waals surface area contributed by atoms with Crippen LogP contribution in [0.15, 0.2) is 60.7 Å². The molecule has 0 aliphatic rings. The predicted octanol–water partition coefficient (Wildman–Crippen LogP) is 6.93. The maximum atomic E-state index is 12.5. The van der Waals surface area contributed by atoms with Gasteiger partial charge in [-0.25, -0.2) is 0 Å². The highest BCUT2D eigenvalue weighted by Crippen LogP contribution is 2.14. The minimum absolute atomic E-state index is 0.118. The molecule has 0 radical (unpaired) electrons. The van der Waals surface area contributed by atoms with E-state index in [1.54, 1.807) is 0 Å². The van der Waals surface area contributed by atoms with E-state index < -0.39 is 0 Å². The number of hydrogen-bond donors (Lipinski definition) is 1. The zero-order chi connectivity index (χ0) is 23.8. The highest BCUT2D eigenvalue weighted by Gasteiger charge is 2.20. The topological polar surface area (TPSA) is 32.3 Å². The van der Waals surface area contributed by atoms with Gasteiger partial charge in [-0.1, -0.05) is 115 Å². The summed E-state index contributed by atoms with van der Waals surface area (Å²) in [5, 5.41) is 3.45. The first-order valence-electron chi connectivity index (χ1n) is 12.5. The van der Waals surface area contributed by atoms with Crippen molar-refractivity contribution >= 4 is 5.91 Å². The van der Waals surface area contributed by atoms with Gasteiger partial charge in [-0.3, -0.25) is 4.79 Å². The number of nitrogens with one attached hydrogen (secondary N) is 1. The molecular weight excluding hydrogens is 392 g/mol. The Bertz CT molecular complexity index is 716. The third-order valence-corrected chi connectivity index (χ3v) is 6.15. The van der Waals surface area contributed by atoms with E-state index in [2.05, 4.69) is 82.4 Å². The van der Waals surface area contributed by atoms with Crippen LogP contribution in [-0.4, -0.2) is 23.9 Å². The van der Waals surface area contributed by atoms with E-state index in [0.29, 0.717) is 5.92 Å². The molecule has 3 nitrogen and oxygen atoms in total. The van der Waals surface area contributed by atoms with Crippen molar-refractivity contribution in [2.45, 2.75) is 73.9 Å². The van der Waals surface area contributed by atoms with Gasteiger partial charge in [0.15, 0.2) is 0 Å². The third-order valence-electron chi connectivity index (χ3n) is 6.15. The summed E-state index contributed by atoms with van der Waals surface area (Å²) in [6.07, 6.45) is 3.27. The quantitative estimate of drug-likeness (QED) is 0.390. The van der Waals surface area contributed by atoms with E-state index in [9.17, 15) is 4.79 Å². The molecule has 3 heteroatoms. The van der Waals surface area contributed by atoms with Gasteiger partial charge in [0, 0.05) is 25.6 Å². The molecule has 178 valence electrons. The van der Waals surface area contributed by atoms with E-state index in [1.165, 1.54) is 17.5 Å². The summed E-state index contributed by atoms with van der Waals surface area (Å²) in [5.74, 6) is 1.74. The minimum atomic E-state index is 0.118. The first-order chi connectivity index (χ1) is 15.4. The molecule has 1 amide bonds. The molecule has 2 aromatic carbocycles. The number of carbonyl (C=O) groups excluding carboxylic acids is 1. The van der Waals surface area contributed by atoms with Gasteiger partial charge in [0.2, 0.25) is 5.91 Å². The normalized spacial score (nSPS) is 13.4. The molecule has 1 N–H and O–H groups in total. The number of carbonyl (C=O) groups is 1. The van der Waals surface area contributed by atoms with Crippen LogP contribution in [0.2, 0.25) is 0 Å². The summed E-state index contributed by atoms with van der Waals surface area (Å²) in [5.41, 5.74) is 2.58. The first-order valence-corrected chi connectivity index (χ1v) is 12.5. The van der Waals surface area contributed by atoms with Crippen molar-refractivity contribution in [3.8, 4) is 0 Å². The number of benzene rings is 2. The van der Waals surface area contributed by atoms with Crippen molar-refractivity contribution in [1.29, 1.82) is 0 Å². The molecule has 1 unspecified atom stereocenters. The molecule has 0 heterocycles. The summed E-state index contributed by atoms with van der Waals surface area (Å²) in [6, 6.07) is 20.8. The fourth-order valence-corrected chi connectivity index (χ4v) is 3.23.